The summed E-state index contributed by atoms with van der Waals surface area (Å²) in [5, 5.41) is 3.63. The van der Waals surface area contributed by atoms with E-state index in [1.165, 1.54) is 25.7 Å². The second-order valence-electron chi connectivity index (χ2n) is 5.35. The van der Waals surface area contributed by atoms with E-state index in [9.17, 15) is 0 Å². The van der Waals surface area contributed by atoms with Crippen molar-refractivity contribution in [2.24, 2.45) is 11.8 Å². The van der Waals surface area contributed by atoms with Gasteiger partial charge in [-0.25, -0.2) is 4.98 Å². The summed E-state index contributed by atoms with van der Waals surface area (Å²) in [7, 11) is 0. The van der Waals surface area contributed by atoms with E-state index in [1.807, 2.05) is 6.92 Å². The van der Waals surface area contributed by atoms with Gasteiger partial charge in [-0.15, -0.1) is 0 Å². The lowest BCUT2D eigenvalue weighted by molar-refractivity contribution is 0.565. The molecule has 2 aliphatic rings. The van der Waals surface area contributed by atoms with Crippen molar-refractivity contribution in [3.63, 3.8) is 0 Å². The Morgan fingerprint density at radius 2 is 1.94 bits per heavy atom. The molecule has 1 aromatic heterocycles. The fourth-order valence-electron chi connectivity index (χ4n) is 2.38. The number of hydrogen-bond donors (Lipinski definition) is 2. The molecular weight excluding hydrogens is 278 g/mol. The van der Waals surface area contributed by atoms with E-state index in [2.05, 4.69) is 26.2 Å². The van der Waals surface area contributed by atoms with Crippen LogP contribution in [-0.4, -0.2) is 11.0 Å². The average Bonchev–Trinajstić information content (AvgIpc) is 3.16. The van der Waals surface area contributed by atoms with Crippen LogP contribution in [0, 0.1) is 18.8 Å². The second-order valence-corrected chi connectivity index (χ2v) is 6.14. The monoisotopic (exact) mass is 295 g/mol. The summed E-state index contributed by atoms with van der Waals surface area (Å²) in [5.74, 6) is 2.70. The van der Waals surface area contributed by atoms with Crippen molar-refractivity contribution in [2.45, 2.75) is 38.6 Å². The molecule has 1 aromatic rings. The number of nitrogen functional groups attached to an aromatic ring is 1. The van der Waals surface area contributed by atoms with Crippen LogP contribution in [0.25, 0.3) is 0 Å². The lowest BCUT2D eigenvalue weighted by Gasteiger charge is -2.20. The Balaban J connectivity index is 1.81. The second kappa shape index (κ2) is 4.16. The summed E-state index contributed by atoms with van der Waals surface area (Å²) in [6.07, 6.45) is 7.25. The molecule has 0 amide bonds. The first kappa shape index (κ1) is 11.3. The Labute approximate surface area is 110 Å². The van der Waals surface area contributed by atoms with E-state index in [0.717, 1.165) is 33.4 Å². The zero-order chi connectivity index (χ0) is 12.0. The van der Waals surface area contributed by atoms with Crippen LogP contribution in [0.2, 0.25) is 0 Å². The molecule has 0 radical (unpaired) electrons. The zero-order valence-electron chi connectivity index (χ0n) is 10.0. The van der Waals surface area contributed by atoms with Gasteiger partial charge in [0.15, 0.2) is 0 Å². The number of nitrogens with two attached hydrogens (primary N) is 1. The smallest absolute Gasteiger partial charge is 0.140 e. The molecule has 2 fully saturated rings. The molecule has 92 valence electrons. The van der Waals surface area contributed by atoms with Gasteiger partial charge < -0.3 is 11.1 Å². The Morgan fingerprint density at radius 1 is 1.35 bits per heavy atom. The van der Waals surface area contributed by atoms with Crippen molar-refractivity contribution < 1.29 is 0 Å². The number of aromatic nitrogens is 1. The summed E-state index contributed by atoms with van der Waals surface area (Å²) < 4.78 is 1.02. The van der Waals surface area contributed by atoms with Gasteiger partial charge in [-0.3, -0.25) is 0 Å². The Bertz CT molecular complexity index is 427. The highest BCUT2D eigenvalue weighted by Gasteiger charge is 2.41. The first-order valence-corrected chi connectivity index (χ1v) is 7.13. The third-order valence-electron chi connectivity index (χ3n) is 3.87. The molecule has 0 bridgehead atoms. The number of anilines is 2. The zero-order valence-corrected chi connectivity index (χ0v) is 11.6. The molecule has 3 N–H and O–H groups in total. The molecule has 2 aliphatic carbocycles. The van der Waals surface area contributed by atoms with Crippen LogP contribution < -0.4 is 11.1 Å². The van der Waals surface area contributed by atoms with Crippen LogP contribution in [0.3, 0.4) is 0 Å². The highest BCUT2D eigenvalue weighted by molar-refractivity contribution is 9.10. The van der Waals surface area contributed by atoms with E-state index in [1.54, 1.807) is 6.20 Å². The maximum absolute atomic E-state index is 5.84. The summed E-state index contributed by atoms with van der Waals surface area (Å²) in [6, 6.07) is 0.627. The van der Waals surface area contributed by atoms with Crippen LogP contribution in [-0.2, 0) is 0 Å². The SMILES string of the molecule is Cc1c(N)cnc(NC(C2CC2)C2CC2)c1Br. The highest BCUT2D eigenvalue weighted by Crippen LogP contribution is 2.46. The van der Waals surface area contributed by atoms with Gasteiger partial charge in [0, 0.05) is 6.04 Å². The number of halogens is 1. The lowest BCUT2D eigenvalue weighted by Crippen LogP contribution is -2.25. The van der Waals surface area contributed by atoms with Crippen LogP contribution in [0.15, 0.2) is 10.7 Å². The Hall–Kier alpha value is -0.770. The largest absolute Gasteiger partial charge is 0.397 e. The van der Waals surface area contributed by atoms with Crippen LogP contribution in [0.1, 0.15) is 31.2 Å². The molecule has 3 nitrogen and oxygen atoms in total. The molecule has 1 heterocycles. The fraction of sp³-hybridized carbons (Fsp3) is 0.615. The van der Waals surface area contributed by atoms with Gasteiger partial charge >= 0.3 is 0 Å². The summed E-state index contributed by atoms with van der Waals surface area (Å²) in [4.78, 5) is 4.42. The van der Waals surface area contributed by atoms with Gasteiger partial charge in [-0.1, -0.05) is 0 Å². The fourth-order valence-corrected chi connectivity index (χ4v) is 2.83. The number of nitrogens with one attached hydrogen (secondary N) is 1. The third-order valence-corrected chi connectivity index (χ3v) is 4.84. The topological polar surface area (TPSA) is 50.9 Å². The molecule has 3 rings (SSSR count). The minimum atomic E-state index is 0.627. The minimum absolute atomic E-state index is 0.627. The Morgan fingerprint density at radius 3 is 2.47 bits per heavy atom. The number of pyridine rings is 1. The molecule has 0 aromatic carbocycles. The van der Waals surface area contributed by atoms with Gasteiger partial charge in [0.05, 0.1) is 16.4 Å². The highest BCUT2D eigenvalue weighted by atomic mass is 79.9. The molecular formula is C13H18BrN3. The van der Waals surface area contributed by atoms with Gasteiger partial charge in [0.1, 0.15) is 5.82 Å². The quantitative estimate of drug-likeness (QED) is 0.896. The van der Waals surface area contributed by atoms with Crippen molar-refractivity contribution in [1.29, 1.82) is 0 Å². The normalized spacial score (nSPS) is 19.7. The van der Waals surface area contributed by atoms with Crippen LogP contribution in [0.5, 0.6) is 0 Å². The Kier molecular flexibility index (Phi) is 2.77. The molecule has 0 saturated heterocycles. The van der Waals surface area contributed by atoms with E-state index < -0.39 is 0 Å². The number of rotatable bonds is 4. The predicted octanol–water partition coefficient (Wildman–Crippen LogP) is 3.34. The minimum Gasteiger partial charge on any atom is -0.397 e. The average molecular weight is 296 g/mol. The predicted molar refractivity (Wildman–Crippen MR) is 73.9 cm³/mol. The van der Waals surface area contributed by atoms with Crippen molar-refractivity contribution in [3.05, 3.63) is 16.2 Å². The molecule has 17 heavy (non-hydrogen) atoms. The van der Waals surface area contributed by atoms with Gasteiger partial charge in [-0.2, -0.15) is 0 Å². The van der Waals surface area contributed by atoms with E-state index in [-0.39, 0.29) is 0 Å². The van der Waals surface area contributed by atoms with Crippen LogP contribution in [0.4, 0.5) is 11.5 Å². The maximum Gasteiger partial charge on any atom is 0.140 e. The number of nitrogens with zero attached hydrogens (tertiary/aromatic N) is 1. The molecule has 0 spiro atoms. The number of hydrogen-bond acceptors (Lipinski definition) is 3. The first-order chi connectivity index (χ1) is 8.16. The van der Waals surface area contributed by atoms with E-state index in [0.29, 0.717) is 6.04 Å². The first-order valence-electron chi connectivity index (χ1n) is 6.34. The van der Waals surface area contributed by atoms with Crippen molar-refractivity contribution in [1.82, 2.24) is 4.98 Å². The van der Waals surface area contributed by atoms with Crippen LogP contribution >= 0.6 is 15.9 Å². The molecule has 0 atom stereocenters. The summed E-state index contributed by atoms with van der Waals surface area (Å²) >= 11 is 3.59. The van der Waals surface area contributed by atoms with Gasteiger partial charge in [0.2, 0.25) is 0 Å². The standard InChI is InChI=1S/C13H18BrN3/c1-7-10(15)6-16-13(11(7)14)17-12(8-2-3-8)9-4-5-9/h6,8-9,12H,2-5,15H2,1H3,(H,16,17). The van der Waals surface area contributed by atoms with Crippen molar-refractivity contribution >= 4 is 27.4 Å². The van der Waals surface area contributed by atoms with E-state index in [4.69, 9.17) is 5.73 Å². The maximum atomic E-state index is 5.84. The van der Waals surface area contributed by atoms with Gasteiger partial charge in [0.25, 0.3) is 0 Å². The molecule has 4 heteroatoms. The molecule has 2 saturated carbocycles. The van der Waals surface area contributed by atoms with E-state index >= 15 is 0 Å². The lowest BCUT2D eigenvalue weighted by atomic mass is 10.1. The summed E-state index contributed by atoms with van der Waals surface area (Å²) in [5.41, 5.74) is 7.67. The summed E-state index contributed by atoms with van der Waals surface area (Å²) in [6.45, 7) is 2.02. The van der Waals surface area contributed by atoms with Gasteiger partial charge in [-0.05, 0) is 65.9 Å². The van der Waals surface area contributed by atoms with Crippen molar-refractivity contribution in [3.8, 4) is 0 Å². The van der Waals surface area contributed by atoms with Crippen molar-refractivity contribution in [2.75, 3.05) is 11.1 Å². The molecule has 0 aliphatic heterocycles. The third kappa shape index (κ3) is 2.28. The molecule has 0 unspecified atom stereocenters.